The molecule has 0 saturated heterocycles. The molecule has 1 rings (SSSR count). The van der Waals surface area contributed by atoms with Gasteiger partial charge in [-0.3, -0.25) is 0 Å². The lowest BCUT2D eigenvalue weighted by atomic mass is 10.1. The van der Waals surface area contributed by atoms with Gasteiger partial charge in [0, 0.05) is 0 Å². The Kier molecular flexibility index (Phi) is 7.07. The Morgan fingerprint density at radius 3 is 1.71 bits per heavy atom. The Labute approximate surface area is 142 Å². The molecule has 0 aliphatic rings. The van der Waals surface area contributed by atoms with Gasteiger partial charge >= 0.3 is 11.9 Å². The summed E-state index contributed by atoms with van der Waals surface area (Å²) in [5, 5.41) is -0.818. The minimum atomic E-state index is -0.806. The summed E-state index contributed by atoms with van der Waals surface area (Å²) < 4.78 is 9.57. The van der Waals surface area contributed by atoms with Crippen molar-refractivity contribution in [2.24, 2.45) is 0 Å². The van der Waals surface area contributed by atoms with E-state index in [0.717, 1.165) is 13.5 Å². The normalized spacial score (nSPS) is 10.4. The highest BCUT2D eigenvalue weighted by atomic mass is 35.5. The second kappa shape index (κ2) is 8.08. The summed E-state index contributed by atoms with van der Waals surface area (Å²) in [5.41, 5.74) is -0.363. The van der Waals surface area contributed by atoms with E-state index < -0.39 is 11.9 Å². The maximum Gasteiger partial charge on any atom is 0.341 e. The van der Waals surface area contributed by atoms with Crippen LogP contribution in [0, 0.1) is 0 Å². The zero-order chi connectivity index (χ0) is 16.2. The molecule has 0 atom stereocenters. The molecule has 0 fully saturated rings. The molecule has 0 spiro atoms. The maximum absolute atomic E-state index is 12.0. The van der Waals surface area contributed by atoms with E-state index in [1.807, 2.05) is 6.92 Å². The van der Waals surface area contributed by atoms with Crippen LogP contribution < -0.4 is 0 Å². The molecule has 1 aromatic rings. The monoisotopic (exact) mass is 372 g/mol. The van der Waals surface area contributed by atoms with Gasteiger partial charge in [-0.1, -0.05) is 59.7 Å². The molecule has 0 bridgehead atoms. The number of carbonyl (C=O) groups is 2. The molecule has 8 heteroatoms. The fraction of sp³-hybridized carbons (Fsp3) is 0.385. The lowest BCUT2D eigenvalue weighted by Gasteiger charge is -2.13. The number of esters is 2. The molecule has 0 heterocycles. The van der Waals surface area contributed by atoms with Crippen molar-refractivity contribution in [1.29, 1.82) is 0 Å². The Balaban J connectivity index is 3.30. The van der Waals surface area contributed by atoms with Gasteiger partial charge in [0.05, 0.1) is 44.9 Å². The highest BCUT2D eigenvalue weighted by molar-refractivity contribution is 6.52. The third-order valence-corrected chi connectivity index (χ3v) is 4.29. The number of unbranched alkanes of at least 4 members (excludes halogenated alkanes) is 1. The summed E-state index contributed by atoms with van der Waals surface area (Å²) >= 11 is 23.9. The summed E-state index contributed by atoms with van der Waals surface area (Å²) in [6.07, 6.45) is 1.56. The van der Waals surface area contributed by atoms with Crippen LogP contribution in [0.25, 0.3) is 0 Å². The summed E-state index contributed by atoms with van der Waals surface area (Å²) in [5.74, 6) is -1.56. The van der Waals surface area contributed by atoms with Crippen molar-refractivity contribution >= 4 is 58.3 Å². The third-order valence-electron chi connectivity index (χ3n) is 2.59. The smallest absolute Gasteiger partial charge is 0.341 e. The van der Waals surface area contributed by atoms with Gasteiger partial charge in [0.1, 0.15) is 0 Å². The first-order chi connectivity index (χ1) is 9.86. The molecule has 1 aromatic carbocycles. The van der Waals surface area contributed by atoms with E-state index in [2.05, 4.69) is 4.74 Å². The Morgan fingerprint density at radius 1 is 0.905 bits per heavy atom. The van der Waals surface area contributed by atoms with Crippen LogP contribution in [0.3, 0.4) is 0 Å². The molecule has 0 saturated carbocycles. The zero-order valence-corrected chi connectivity index (χ0v) is 14.3. The molecule has 0 unspecified atom stereocenters. The van der Waals surface area contributed by atoms with Gasteiger partial charge in [0.25, 0.3) is 0 Å². The molecule has 0 N–H and O–H groups in total. The number of halogens is 4. The van der Waals surface area contributed by atoms with E-state index in [1.165, 1.54) is 0 Å². The van der Waals surface area contributed by atoms with E-state index in [0.29, 0.717) is 6.42 Å². The van der Waals surface area contributed by atoms with Crippen LogP contribution in [0.2, 0.25) is 20.1 Å². The Bertz CT molecular complexity index is 543. The summed E-state index contributed by atoms with van der Waals surface area (Å²) in [7, 11) is 1.16. The van der Waals surface area contributed by atoms with E-state index in [1.54, 1.807) is 0 Å². The molecule has 0 aliphatic heterocycles. The number of carbonyl (C=O) groups excluding carboxylic acids is 2. The average molecular weight is 374 g/mol. The van der Waals surface area contributed by atoms with Crippen molar-refractivity contribution < 1.29 is 19.1 Å². The number of rotatable bonds is 5. The van der Waals surface area contributed by atoms with E-state index in [-0.39, 0.29) is 37.8 Å². The molecule has 116 valence electrons. The average Bonchev–Trinajstić information content (AvgIpc) is 2.45. The number of hydrogen-bond donors (Lipinski definition) is 0. The summed E-state index contributed by atoms with van der Waals surface area (Å²) in [6.45, 7) is 2.17. The molecule has 0 aliphatic carbocycles. The van der Waals surface area contributed by atoms with Crippen LogP contribution in [0.5, 0.6) is 0 Å². The molecular formula is C13H12Cl4O4. The minimum Gasteiger partial charge on any atom is -0.465 e. The third kappa shape index (κ3) is 3.95. The van der Waals surface area contributed by atoms with Crippen molar-refractivity contribution in [1.82, 2.24) is 0 Å². The Morgan fingerprint density at radius 2 is 1.33 bits per heavy atom. The van der Waals surface area contributed by atoms with E-state index in [9.17, 15) is 9.59 Å². The van der Waals surface area contributed by atoms with Gasteiger partial charge in [-0.25, -0.2) is 9.59 Å². The molecular weight excluding hydrogens is 362 g/mol. The van der Waals surface area contributed by atoms with Crippen molar-refractivity contribution in [2.75, 3.05) is 13.7 Å². The van der Waals surface area contributed by atoms with Crippen LogP contribution in [0.4, 0.5) is 0 Å². The SMILES string of the molecule is CCCCOC(=O)c1c(Cl)c(Cl)c(C(=O)OC)c(Cl)c1Cl. The first-order valence-corrected chi connectivity index (χ1v) is 7.49. The van der Waals surface area contributed by atoms with Crippen molar-refractivity contribution in [2.45, 2.75) is 19.8 Å². The largest absolute Gasteiger partial charge is 0.465 e. The molecule has 0 radical (unpaired) electrons. The van der Waals surface area contributed by atoms with E-state index in [4.69, 9.17) is 51.1 Å². The first kappa shape index (κ1) is 18.4. The van der Waals surface area contributed by atoms with Crippen LogP contribution in [0.1, 0.15) is 40.5 Å². The lowest BCUT2D eigenvalue weighted by molar-refractivity contribution is 0.0498. The fourth-order valence-electron chi connectivity index (χ4n) is 1.47. The van der Waals surface area contributed by atoms with Crippen molar-refractivity contribution in [3.63, 3.8) is 0 Å². The summed E-state index contributed by atoms with van der Waals surface area (Å²) in [4.78, 5) is 23.6. The topological polar surface area (TPSA) is 52.6 Å². The van der Waals surface area contributed by atoms with Gasteiger partial charge in [0.2, 0.25) is 0 Å². The van der Waals surface area contributed by atoms with Gasteiger partial charge in [-0.05, 0) is 6.42 Å². The second-order valence-corrected chi connectivity index (χ2v) is 5.50. The van der Waals surface area contributed by atoms with Crippen LogP contribution in [-0.2, 0) is 9.47 Å². The maximum atomic E-state index is 12.0. The highest BCUT2D eigenvalue weighted by Crippen LogP contribution is 2.41. The zero-order valence-electron chi connectivity index (χ0n) is 11.3. The molecule has 0 amide bonds. The summed E-state index contributed by atoms with van der Waals surface area (Å²) in [6, 6.07) is 0. The quantitative estimate of drug-likeness (QED) is 0.412. The minimum absolute atomic E-state index is 0.169. The van der Waals surface area contributed by atoms with Gasteiger partial charge in [-0.2, -0.15) is 0 Å². The number of ether oxygens (including phenoxy) is 2. The number of hydrogen-bond acceptors (Lipinski definition) is 4. The molecule has 21 heavy (non-hydrogen) atoms. The number of benzene rings is 1. The fourth-order valence-corrected chi connectivity index (χ4v) is 2.63. The van der Waals surface area contributed by atoms with Gasteiger partial charge in [0.15, 0.2) is 0 Å². The Hall–Kier alpha value is -0.680. The van der Waals surface area contributed by atoms with Crippen LogP contribution >= 0.6 is 46.4 Å². The van der Waals surface area contributed by atoms with Gasteiger partial charge < -0.3 is 9.47 Å². The lowest BCUT2D eigenvalue weighted by Crippen LogP contribution is -2.11. The van der Waals surface area contributed by atoms with Crippen LogP contribution in [0.15, 0.2) is 0 Å². The number of methoxy groups -OCH3 is 1. The second-order valence-electron chi connectivity index (χ2n) is 3.99. The van der Waals surface area contributed by atoms with Gasteiger partial charge in [-0.15, -0.1) is 0 Å². The first-order valence-electron chi connectivity index (χ1n) is 5.98. The highest BCUT2D eigenvalue weighted by Gasteiger charge is 2.29. The molecule has 0 aromatic heterocycles. The van der Waals surface area contributed by atoms with E-state index >= 15 is 0 Å². The van der Waals surface area contributed by atoms with Crippen LogP contribution in [-0.4, -0.2) is 25.7 Å². The van der Waals surface area contributed by atoms with Crippen molar-refractivity contribution in [3.8, 4) is 0 Å². The van der Waals surface area contributed by atoms with Crippen molar-refractivity contribution in [3.05, 3.63) is 31.2 Å². The predicted molar refractivity (Wildman–Crippen MR) is 83.0 cm³/mol. The standard InChI is InChI=1S/C13H12Cl4O4/c1-3-4-5-21-13(19)7-10(16)8(14)6(12(18)20-2)9(15)11(7)17/h3-5H2,1-2H3. The predicted octanol–water partition coefficient (Wildman–Crippen LogP) is 5.04. The molecule has 4 nitrogen and oxygen atoms in total.